The van der Waals surface area contributed by atoms with E-state index in [1.807, 2.05) is 18.2 Å². The van der Waals surface area contributed by atoms with E-state index in [-0.39, 0.29) is 0 Å². The molecule has 1 aromatic carbocycles. The second kappa shape index (κ2) is 9.38. The topological polar surface area (TPSA) is 29.5 Å². The molecule has 0 radical (unpaired) electrons. The van der Waals surface area contributed by atoms with Crippen LogP contribution in [0.2, 0.25) is 0 Å². The van der Waals surface area contributed by atoms with Gasteiger partial charge in [0, 0.05) is 10.0 Å². The lowest BCUT2D eigenvalue weighted by atomic mass is 10.1. The van der Waals surface area contributed by atoms with Crippen molar-refractivity contribution >= 4 is 15.9 Å². The Labute approximate surface area is 125 Å². The fourth-order valence-electron chi connectivity index (χ4n) is 2.04. The molecular formula is C16H25BrO2. The van der Waals surface area contributed by atoms with Crippen molar-refractivity contribution < 1.29 is 9.84 Å². The maximum Gasteiger partial charge on any atom is 0.125 e. The third kappa shape index (κ3) is 6.44. The zero-order valence-corrected chi connectivity index (χ0v) is 13.6. The molecule has 0 saturated heterocycles. The summed E-state index contributed by atoms with van der Waals surface area (Å²) in [5, 5.41) is 9.73. The molecule has 0 fully saturated rings. The van der Waals surface area contributed by atoms with Gasteiger partial charge in [-0.15, -0.1) is 0 Å². The summed E-state index contributed by atoms with van der Waals surface area (Å²) >= 11 is 3.42. The Hall–Kier alpha value is -0.540. The van der Waals surface area contributed by atoms with Gasteiger partial charge in [-0.1, -0.05) is 55.0 Å². The van der Waals surface area contributed by atoms with E-state index in [4.69, 9.17) is 4.74 Å². The van der Waals surface area contributed by atoms with Crippen LogP contribution in [0.4, 0.5) is 0 Å². The molecule has 0 heterocycles. The summed E-state index contributed by atoms with van der Waals surface area (Å²) in [6, 6.07) is 5.78. The SMILES string of the molecule is CCCCCCCCOc1ccc(Br)cc1[C@@H](C)O. The third-order valence-corrected chi connectivity index (χ3v) is 3.67. The monoisotopic (exact) mass is 328 g/mol. The summed E-state index contributed by atoms with van der Waals surface area (Å²) in [6.45, 7) is 4.72. The van der Waals surface area contributed by atoms with Gasteiger partial charge in [0.15, 0.2) is 0 Å². The van der Waals surface area contributed by atoms with Crippen LogP contribution in [0.25, 0.3) is 0 Å². The largest absolute Gasteiger partial charge is 0.493 e. The lowest BCUT2D eigenvalue weighted by molar-refractivity contribution is 0.190. The Bertz CT molecular complexity index is 364. The molecule has 3 heteroatoms. The standard InChI is InChI=1S/C16H25BrO2/c1-3-4-5-6-7-8-11-19-16-10-9-14(17)12-15(16)13(2)18/h9-10,12-13,18H,3-8,11H2,1-2H3/t13-/m1/s1. The molecule has 0 spiro atoms. The maximum absolute atomic E-state index is 9.73. The summed E-state index contributed by atoms with van der Waals surface area (Å²) in [4.78, 5) is 0. The van der Waals surface area contributed by atoms with Crippen molar-refractivity contribution in [3.05, 3.63) is 28.2 Å². The Kier molecular flexibility index (Phi) is 8.15. The number of aliphatic hydroxyl groups excluding tert-OH is 1. The van der Waals surface area contributed by atoms with Gasteiger partial charge in [-0.05, 0) is 31.5 Å². The summed E-state index contributed by atoms with van der Waals surface area (Å²) in [5.41, 5.74) is 0.848. The molecule has 0 bridgehead atoms. The average Bonchev–Trinajstić information content (AvgIpc) is 2.39. The van der Waals surface area contributed by atoms with Crippen molar-refractivity contribution in [2.24, 2.45) is 0 Å². The summed E-state index contributed by atoms with van der Waals surface area (Å²) < 4.78 is 6.75. The van der Waals surface area contributed by atoms with Gasteiger partial charge in [-0.3, -0.25) is 0 Å². The van der Waals surface area contributed by atoms with Gasteiger partial charge < -0.3 is 9.84 Å². The summed E-state index contributed by atoms with van der Waals surface area (Å²) in [5.74, 6) is 0.798. The number of hydrogen-bond donors (Lipinski definition) is 1. The predicted octanol–water partition coefficient (Wildman–Crippen LogP) is 5.24. The van der Waals surface area contributed by atoms with Crippen LogP contribution < -0.4 is 4.74 Å². The van der Waals surface area contributed by atoms with Crippen LogP contribution in [-0.4, -0.2) is 11.7 Å². The van der Waals surface area contributed by atoms with Crippen LogP contribution in [-0.2, 0) is 0 Å². The van der Waals surface area contributed by atoms with E-state index in [9.17, 15) is 5.11 Å². The highest BCUT2D eigenvalue weighted by Gasteiger charge is 2.09. The van der Waals surface area contributed by atoms with Gasteiger partial charge in [0.25, 0.3) is 0 Å². The van der Waals surface area contributed by atoms with Crippen molar-refractivity contribution in [2.75, 3.05) is 6.61 Å². The number of hydrogen-bond acceptors (Lipinski definition) is 2. The number of halogens is 1. The average molecular weight is 329 g/mol. The highest BCUT2D eigenvalue weighted by Crippen LogP contribution is 2.28. The van der Waals surface area contributed by atoms with Crippen LogP contribution in [0.5, 0.6) is 5.75 Å². The molecule has 19 heavy (non-hydrogen) atoms. The Morgan fingerprint density at radius 2 is 1.84 bits per heavy atom. The minimum atomic E-state index is -0.503. The van der Waals surface area contributed by atoms with Crippen molar-refractivity contribution in [3.8, 4) is 5.75 Å². The van der Waals surface area contributed by atoms with E-state index in [0.29, 0.717) is 0 Å². The lowest BCUT2D eigenvalue weighted by Crippen LogP contribution is -2.02. The quantitative estimate of drug-likeness (QED) is 0.628. The van der Waals surface area contributed by atoms with Gasteiger partial charge in [0.2, 0.25) is 0 Å². The van der Waals surface area contributed by atoms with Crippen LogP contribution in [0.3, 0.4) is 0 Å². The Morgan fingerprint density at radius 1 is 1.16 bits per heavy atom. The first-order valence-electron chi connectivity index (χ1n) is 7.25. The number of unbranched alkanes of at least 4 members (excludes halogenated alkanes) is 5. The van der Waals surface area contributed by atoms with Crippen LogP contribution in [0.15, 0.2) is 22.7 Å². The molecule has 1 atom stereocenters. The first kappa shape index (κ1) is 16.5. The predicted molar refractivity (Wildman–Crippen MR) is 83.6 cm³/mol. The minimum Gasteiger partial charge on any atom is -0.493 e. The Balaban J connectivity index is 2.33. The van der Waals surface area contributed by atoms with E-state index in [2.05, 4.69) is 22.9 Å². The number of rotatable bonds is 9. The Morgan fingerprint density at radius 3 is 2.53 bits per heavy atom. The molecule has 0 aliphatic heterocycles. The first-order valence-corrected chi connectivity index (χ1v) is 8.04. The smallest absolute Gasteiger partial charge is 0.125 e. The molecule has 0 aliphatic carbocycles. The number of aliphatic hydroxyl groups is 1. The second-order valence-electron chi connectivity index (χ2n) is 4.97. The van der Waals surface area contributed by atoms with E-state index in [1.54, 1.807) is 6.92 Å². The molecule has 0 unspecified atom stereocenters. The van der Waals surface area contributed by atoms with Gasteiger partial charge in [0.1, 0.15) is 5.75 Å². The zero-order chi connectivity index (χ0) is 14.1. The minimum absolute atomic E-state index is 0.503. The van der Waals surface area contributed by atoms with Gasteiger partial charge in [-0.25, -0.2) is 0 Å². The molecular weight excluding hydrogens is 304 g/mol. The summed E-state index contributed by atoms with van der Waals surface area (Å²) in [6.07, 6.45) is 7.04. The molecule has 1 rings (SSSR count). The normalized spacial score (nSPS) is 12.4. The van der Waals surface area contributed by atoms with Crippen LogP contribution in [0.1, 0.15) is 64.0 Å². The van der Waals surface area contributed by atoms with Crippen molar-refractivity contribution in [2.45, 2.75) is 58.5 Å². The molecule has 1 aromatic rings. The highest BCUT2D eigenvalue weighted by molar-refractivity contribution is 9.10. The molecule has 1 N–H and O–H groups in total. The number of ether oxygens (including phenoxy) is 1. The number of benzene rings is 1. The molecule has 108 valence electrons. The first-order chi connectivity index (χ1) is 9.15. The summed E-state index contributed by atoms with van der Waals surface area (Å²) in [7, 11) is 0. The van der Waals surface area contributed by atoms with Gasteiger partial charge >= 0.3 is 0 Å². The molecule has 2 nitrogen and oxygen atoms in total. The fraction of sp³-hybridized carbons (Fsp3) is 0.625. The maximum atomic E-state index is 9.73. The van der Waals surface area contributed by atoms with Gasteiger partial charge in [0.05, 0.1) is 12.7 Å². The van der Waals surface area contributed by atoms with Crippen LogP contribution >= 0.6 is 15.9 Å². The lowest BCUT2D eigenvalue weighted by Gasteiger charge is -2.13. The second-order valence-corrected chi connectivity index (χ2v) is 5.89. The van der Waals surface area contributed by atoms with E-state index >= 15 is 0 Å². The fourth-order valence-corrected chi connectivity index (χ4v) is 2.42. The van der Waals surface area contributed by atoms with Crippen LogP contribution in [0, 0.1) is 0 Å². The molecule has 0 aromatic heterocycles. The van der Waals surface area contributed by atoms with E-state index in [0.717, 1.165) is 28.8 Å². The molecule has 0 aliphatic rings. The molecule has 0 amide bonds. The van der Waals surface area contributed by atoms with Crippen molar-refractivity contribution in [1.29, 1.82) is 0 Å². The zero-order valence-electron chi connectivity index (χ0n) is 12.0. The van der Waals surface area contributed by atoms with Gasteiger partial charge in [-0.2, -0.15) is 0 Å². The van der Waals surface area contributed by atoms with Crippen molar-refractivity contribution in [3.63, 3.8) is 0 Å². The van der Waals surface area contributed by atoms with E-state index in [1.165, 1.54) is 32.1 Å². The third-order valence-electron chi connectivity index (χ3n) is 3.18. The van der Waals surface area contributed by atoms with E-state index < -0.39 is 6.10 Å². The van der Waals surface area contributed by atoms with Crippen molar-refractivity contribution in [1.82, 2.24) is 0 Å². The highest BCUT2D eigenvalue weighted by atomic mass is 79.9. The molecule has 0 saturated carbocycles.